The fraction of sp³-hybridized carbons (Fsp3) is 0.611. The Morgan fingerprint density at radius 3 is 2.67 bits per heavy atom. The fourth-order valence-corrected chi connectivity index (χ4v) is 3.97. The van der Waals surface area contributed by atoms with Crippen molar-refractivity contribution in [1.29, 1.82) is 0 Å². The van der Waals surface area contributed by atoms with E-state index in [2.05, 4.69) is 0 Å². The number of amides is 1. The van der Waals surface area contributed by atoms with Crippen molar-refractivity contribution in [3.05, 3.63) is 23.8 Å². The van der Waals surface area contributed by atoms with Crippen LogP contribution in [0, 0.1) is 0 Å². The van der Waals surface area contributed by atoms with Gasteiger partial charge in [0.25, 0.3) is 5.91 Å². The van der Waals surface area contributed by atoms with E-state index in [1.165, 1.54) is 0 Å². The van der Waals surface area contributed by atoms with Gasteiger partial charge in [0, 0.05) is 25.1 Å². The average molecular weight is 333 g/mol. The van der Waals surface area contributed by atoms with Crippen molar-refractivity contribution in [2.45, 2.75) is 43.8 Å². The Morgan fingerprint density at radius 1 is 1.17 bits per heavy atom. The SMILES string of the molecule is CC1(O)CCOC2(CCN(C(=O)c3ccc4c(c3)OCO4)CC2)C1. The average Bonchev–Trinajstić information content (AvgIpc) is 3.01. The van der Waals surface area contributed by atoms with Crippen molar-refractivity contribution in [2.75, 3.05) is 26.5 Å². The number of carbonyl (C=O) groups is 1. The molecule has 1 atom stereocenters. The third kappa shape index (κ3) is 2.84. The predicted octanol–water partition coefficient (Wildman–Crippen LogP) is 1.95. The number of piperidine rings is 1. The number of aliphatic hydroxyl groups is 1. The number of carbonyl (C=O) groups excluding carboxylic acids is 1. The summed E-state index contributed by atoms with van der Waals surface area (Å²) in [6.07, 6.45) is 2.85. The lowest BCUT2D eigenvalue weighted by Crippen LogP contribution is -2.54. The van der Waals surface area contributed by atoms with Gasteiger partial charge in [-0.25, -0.2) is 0 Å². The van der Waals surface area contributed by atoms with Gasteiger partial charge in [-0.15, -0.1) is 0 Å². The normalized spacial score (nSPS) is 28.2. The van der Waals surface area contributed by atoms with Crippen molar-refractivity contribution >= 4 is 5.91 Å². The molecule has 1 N–H and O–H groups in total. The quantitative estimate of drug-likeness (QED) is 0.851. The molecule has 0 radical (unpaired) electrons. The van der Waals surface area contributed by atoms with E-state index in [0.717, 1.165) is 12.8 Å². The molecule has 0 aromatic heterocycles. The van der Waals surface area contributed by atoms with Crippen molar-refractivity contribution < 1.29 is 24.1 Å². The summed E-state index contributed by atoms with van der Waals surface area (Å²) in [4.78, 5) is 14.6. The molecule has 0 aliphatic carbocycles. The van der Waals surface area contributed by atoms with Gasteiger partial charge >= 0.3 is 0 Å². The van der Waals surface area contributed by atoms with Gasteiger partial charge in [0.1, 0.15) is 0 Å². The van der Waals surface area contributed by atoms with Crippen LogP contribution in [0.2, 0.25) is 0 Å². The Labute approximate surface area is 141 Å². The molecule has 2 saturated heterocycles. The molecule has 6 nitrogen and oxygen atoms in total. The summed E-state index contributed by atoms with van der Waals surface area (Å²) in [5.74, 6) is 1.31. The molecule has 1 aromatic carbocycles. The maximum Gasteiger partial charge on any atom is 0.253 e. The molecular formula is C18H23NO5. The van der Waals surface area contributed by atoms with E-state index in [0.29, 0.717) is 49.6 Å². The summed E-state index contributed by atoms with van der Waals surface area (Å²) in [6, 6.07) is 5.31. The first kappa shape index (κ1) is 15.7. The Bertz CT molecular complexity index is 649. The van der Waals surface area contributed by atoms with E-state index >= 15 is 0 Å². The van der Waals surface area contributed by atoms with Crippen molar-refractivity contribution in [3.8, 4) is 11.5 Å². The maximum absolute atomic E-state index is 12.7. The van der Waals surface area contributed by atoms with Crippen LogP contribution in [-0.2, 0) is 4.74 Å². The minimum Gasteiger partial charge on any atom is -0.454 e. The second-order valence-electron chi connectivity index (χ2n) is 7.32. The first-order valence-electron chi connectivity index (χ1n) is 8.52. The van der Waals surface area contributed by atoms with Crippen LogP contribution in [0.3, 0.4) is 0 Å². The van der Waals surface area contributed by atoms with Gasteiger partial charge in [-0.1, -0.05) is 0 Å². The molecule has 1 amide bonds. The fourth-order valence-electron chi connectivity index (χ4n) is 3.97. The van der Waals surface area contributed by atoms with Crippen LogP contribution in [-0.4, -0.2) is 53.6 Å². The Morgan fingerprint density at radius 2 is 1.92 bits per heavy atom. The van der Waals surface area contributed by atoms with Crippen LogP contribution in [0.15, 0.2) is 18.2 Å². The molecule has 0 bridgehead atoms. The molecule has 0 saturated carbocycles. The molecule has 130 valence electrons. The van der Waals surface area contributed by atoms with Crippen molar-refractivity contribution in [1.82, 2.24) is 4.90 Å². The number of nitrogens with zero attached hydrogens (tertiary/aromatic N) is 1. The minimum atomic E-state index is -0.665. The number of benzene rings is 1. The van der Waals surface area contributed by atoms with Crippen LogP contribution in [0.25, 0.3) is 0 Å². The number of hydrogen-bond donors (Lipinski definition) is 1. The summed E-state index contributed by atoms with van der Waals surface area (Å²) in [5, 5.41) is 10.3. The lowest BCUT2D eigenvalue weighted by Gasteiger charge is -2.48. The summed E-state index contributed by atoms with van der Waals surface area (Å²) < 4.78 is 16.6. The van der Waals surface area contributed by atoms with Crippen molar-refractivity contribution in [2.24, 2.45) is 0 Å². The largest absolute Gasteiger partial charge is 0.454 e. The van der Waals surface area contributed by atoms with Crippen LogP contribution in [0.5, 0.6) is 11.5 Å². The highest BCUT2D eigenvalue weighted by molar-refractivity contribution is 5.95. The van der Waals surface area contributed by atoms with Gasteiger partial charge in [-0.05, 0) is 44.4 Å². The first-order chi connectivity index (χ1) is 11.5. The van der Waals surface area contributed by atoms with E-state index in [9.17, 15) is 9.90 Å². The van der Waals surface area contributed by atoms with Crippen LogP contribution < -0.4 is 9.47 Å². The summed E-state index contributed by atoms with van der Waals surface area (Å²) in [7, 11) is 0. The highest BCUT2D eigenvalue weighted by Gasteiger charge is 2.45. The Balaban J connectivity index is 1.43. The molecule has 3 aliphatic heterocycles. The van der Waals surface area contributed by atoms with Crippen molar-refractivity contribution in [3.63, 3.8) is 0 Å². The first-order valence-corrected chi connectivity index (χ1v) is 8.52. The zero-order valence-corrected chi connectivity index (χ0v) is 13.9. The van der Waals surface area contributed by atoms with Gasteiger partial charge < -0.3 is 24.2 Å². The monoisotopic (exact) mass is 333 g/mol. The molecule has 6 heteroatoms. The van der Waals surface area contributed by atoms with Gasteiger partial charge in [-0.3, -0.25) is 4.79 Å². The number of ether oxygens (including phenoxy) is 3. The number of likely N-dealkylation sites (tertiary alicyclic amines) is 1. The van der Waals surface area contributed by atoms with Gasteiger partial charge in [0.05, 0.1) is 17.8 Å². The molecule has 3 heterocycles. The third-order valence-electron chi connectivity index (χ3n) is 5.33. The second kappa shape index (κ2) is 5.63. The second-order valence-corrected chi connectivity index (χ2v) is 7.32. The molecule has 1 aromatic rings. The number of hydrogen-bond acceptors (Lipinski definition) is 5. The maximum atomic E-state index is 12.7. The van der Waals surface area contributed by atoms with Gasteiger partial charge in [0.2, 0.25) is 6.79 Å². The molecule has 1 spiro atoms. The third-order valence-corrected chi connectivity index (χ3v) is 5.33. The molecular weight excluding hydrogens is 310 g/mol. The van der Waals surface area contributed by atoms with Gasteiger partial charge in [0.15, 0.2) is 11.5 Å². The zero-order valence-electron chi connectivity index (χ0n) is 13.9. The summed E-state index contributed by atoms with van der Waals surface area (Å²) in [5.41, 5.74) is -0.332. The molecule has 4 rings (SSSR count). The summed E-state index contributed by atoms with van der Waals surface area (Å²) >= 11 is 0. The molecule has 24 heavy (non-hydrogen) atoms. The van der Waals surface area contributed by atoms with E-state index < -0.39 is 5.60 Å². The summed E-state index contributed by atoms with van der Waals surface area (Å²) in [6.45, 7) is 3.95. The Kier molecular flexibility index (Phi) is 3.69. The minimum absolute atomic E-state index is 0.00530. The predicted molar refractivity (Wildman–Crippen MR) is 86.2 cm³/mol. The Hall–Kier alpha value is -1.79. The lowest BCUT2D eigenvalue weighted by atomic mass is 9.78. The zero-order chi connectivity index (χ0) is 16.8. The standard InChI is InChI=1S/C18H23NO5/c1-17(21)6-9-24-18(11-17)4-7-19(8-5-18)16(20)13-2-3-14-15(10-13)23-12-22-14/h2-3,10,21H,4-9,11-12H2,1H3. The van der Waals surface area contributed by atoms with Crippen LogP contribution >= 0.6 is 0 Å². The highest BCUT2D eigenvalue weighted by Crippen LogP contribution is 2.40. The van der Waals surface area contributed by atoms with E-state index in [1.807, 2.05) is 11.8 Å². The van der Waals surface area contributed by atoms with E-state index in [1.54, 1.807) is 18.2 Å². The van der Waals surface area contributed by atoms with Gasteiger partial charge in [-0.2, -0.15) is 0 Å². The van der Waals surface area contributed by atoms with E-state index in [-0.39, 0.29) is 18.3 Å². The number of fused-ring (bicyclic) bond motifs is 1. The highest BCUT2D eigenvalue weighted by atomic mass is 16.7. The van der Waals surface area contributed by atoms with E-state index in [4.69, 9.17) is 14.2 Å². The smallest absolute Gasteiger partial charge is 0.253 e. The molecule has 2 fully saturated rings. The van der Waals surface area contributed by atoms with Crippen LogP contribution in [0.1, 0.15) is 43.0 Å². The van der Waals surface area contributed by atoms with Crippen LogP contribution in [0.4, 0.5) is 0 Å². The topological polar surface area (TPSA) is 68.2 Å². The molecule has 1 unspecified atom stereocenters. The molecule has 3 aliphatic rings. The number of rotatable bonds is 1. The lowest BCUT2D eigenvalue weighted by molar-refractivity contribution is -0.170.